The Hall–Kier alpha value is -1.97. The molecule has 24 heavy (non-hydrogen) atoms. The number of halogens is 1. The molecule has 1 aliphatic heterocycles. The van der Waals surface area contributed by atoms with Gasteiger partial charge in [0.1, 0.15) is 6.67 Å². The summed E-state index contributed by atoms with van der Waals surface area (Å²) in [5.41, 5.74) is 0.663. The van der Waals surface area contributed by atoms with Gasteiger partial charge in [-0.15, -0.1) is 5.10 Å². The summed E-state index contributed by atoms with van der Waals surface area (Å²) in [6, 6.07) is 0. The van der Waals surface area contributed by atoms with Crippen molar-refractivity contribution in [2.45, 2.75) is 31.1 Å². The second-order valence-corrected chi connectivity index (χ2v) is 6.36. The predicted octanol–water partition coefficient (Wildman–Crippen LogP) is -0.213. The molecule has 0 aliphatic carbocycles. The summed E-state index contributed by atoms with van der Waals surface area (Å²) in [4.78, 5) is 36.6. The lowest BCUT2D eigenvalue weighted by atomic mass is 10.3. The van der Waals surface area contributed by atoms with E-state index in [2.05, 4.69) is 15.6 Å². The van der Waals surface area contributed by atoms with Gasteiger partial charge in [0.15, 0.2) is 0 Å². The molecule has 1 saturated heterocycles. The number of hydrogen-bond donors (Lipinski definition) is 1. The lowest BCUT2D eigenvalue weighted by Gasteiger charge is -2.14. The van der Waals surface area contributed by atoms with Crippen molar-refractivity contribution in [3.63, 3.8) is 0 Å². The average molecular weight is 356 g/mol. The van der Waals surface area contributed by atoms with Crippen LogP contribution < -0.4 is 5.32 Å². The summed E-state index contributed by atoms with van der Waals surface area (Å²) in [5, 5.41) is 10.0. The fraction of sp³-hybridized carbons (Fsp3) is 0.643. The maximum atomic E-state index is 12.2. The normalized spacial score (nSPS) is 17.6. The van der Waals surface area contributed by atoms with Gasteiger partial charge in [-0.2, -0.15) is 11.8 Å². The first-order chi connectivity index (χ1) is 11.5. The van der Waals surface area contributed by atoms with Gasteiger partial charge in [0.05, 0.1) is 17.5 Å². The Balaban J connectivity index is 1.68. The first kappa shape index (κ1) is 18.4. The van der Waals surface area contributed by atoms with Gasteiger partial charge in [0.2, 0.25) is 17.7 Å². The number of aryl methyl sites for hydroxylation is 1. The van der Waals surface area contributed by atoms with E-state index < -0.39 is 6.67 Å². The summed E-state index contributed by atoms with van der Waals surface area (Å²) >= 11 is 1.35. The number of thioether (sulfide) groups is 1. The van der Waals surface area contributed by atoms with Crippen molar-refractivity contribution in [1.29, 1.82) is 0 Å². The predicted molar refractivity (Wildman–Crippen MR) is 86.0 cm³/mol. The Morgan fingerprint density at radius 3 is 2.92 bits per heavy atom. The van der Waals surface area contributed by atoms with E-state index in [1.165, 1.54) is 16.4 Å². The molecular formula is C14H20FN5O3S. The summed E-state index contributed by atoms with van der Waals surface area (Å²) < 4.78 is 13.6. The van der Waals surface area contributed by atoms with Crippen LogP contribution >= 0.6 is 11.8 Å². The van der Waals surface area contributed by atoms with Gasteiger partial charge in [-0.05, 0) is 6.26 Å². The van der Waals surface area contributed by atoms with E-state index in [1.807, 2.05) is 0 Å². The van der Waals surface area contributed by atoms with Crippen LogP contribution in [0.25, 0.3) is 0 Å². The van der Waals surface area contributed by atoms with Crippen molar-refractivity contribution in [3.05, 3.63) is 11.9 Å². The zero-order valence-electron chi connectivity index (χ0n) is 13.4. The minimum Gasteiger partial charge on any atom is -0.356 e. The fourth-order valence-electron chi connectivity index (χ4n) is 2.35. The van der Waals surface area contributed by atoms with E-state index in [9.17, 15) is 18.8 Å². The number of rotatable bonds is 9. The standard InChI is InChI=1S/C14H20FN5O3S/c1-24-11-8-13(22)20(14(11)23)6-3-12(21)16-5-2-10-9-19(7-4-15)18-17-10/h9,11H,2-8H2,1H3,(H,16,21)/i15-1. The Labute approximate surface area is 143 Å². The van der Waals surface area contributed by atoms with Gasteiger partial charge in [0, 0.05) is 38.5 Å². The number of hydrogen-bond acceptors (Lipinski definition) is 6. The molecule has 1 aliphatic rings. The molecule has 10 heteroatoms. The molecule has 0 bridgehead atoms. The lowest BCUT2D eigenvalue weighted by Crippen LogP contribution is -2.36. The van der Waals surface area contributed by atoms with Crippen molar-refractivity contribution in [2.75, 3.05) is 26.0 Å². The zero-order valence-corrected chi connectivity index (χ0v) is 14.2. The molecule has 132 valence electrons. The third kappa shape index (κ3) is 4.76. The molecule has 1 aromatic rings. The van der Waals surface area contributed by atoms with Crippen LogP contribution in [0.3, 0.4) is 0 Å². The molecule has 0 saturated carbocycles. The molecule has 3 amide bonds. The number of aromatic nitrogens is 3. The van der Waals surface area contributed by atoms with E-state index >= 15 is 0 Å². The molecular weight excluding hydrogens is 336 g/mol. The molecule has 1 aromatic heterocycles. The summed E-state index contributed by atoms with van der Waals surface area (Å²) in [6.45, 7) is 0.120. The number of carbonyl (C=O) groups excluding carboxylic acids is 3. The first-order valence-corrected chi connectivity index (χ1v) is 8.92. The van der Waals surface area contributed by atoms with Crippen LogP contribution in [0.5, 0.6) is 0 Å². The summed E-state index contributed by atoms with van der Waals surface area (Å²) in [6.07, 6.45) is 4.18. The van der Waals surface area contributed by atoms with Gasteiger partial charge in [-0.25, -0.2) is 9.07 Å². The van der Waals surface area contributed by atoms with Crippen LogP contribution in [0, 0.1) is 0 Å². The maximum absolute atomic E-state index is 12.2. The highest BCUT2D eigenvalue weighted by Crippen LogP contribution is 2.22. The van der Waals surface area contributed by atoms with Crippen LogP contribution in [-0.4, -0.2) is 68.9 Å². The van der Waals surface area contributed by atoms with E-state index in [1.54, 1.807) is 12.5 Å². The molecule has 1 atom stereocenters. The van der Waals surface area contributed by atoms with Crippen LogP contribution in [0.15, 0.2) is 6.20 Å². The van der Waals surface area contributed by atoms with E-state index in [0.29, 0.717) is 18.7 Å². The molecule has 1 unspecified atom stereocenters. The highest BCUT2D eigenvalue weighted by Gasteiger charge is 2.37. The van der Waals surface area contributed by atoms with E-state index in [4.69, 9.17) is 0 Å². The van der Waals surface area contributed by atoms with Gasteiger partial charge >= 0.3 is 0 Å². The second kappa shape index (κ2) is 8.76. The largest absolute Gasteiger partial charge is 0.356 e. The Kier molecular flexibility index (Phi) is 6.71. The van der Waals surface area contributed by atoms with Crippen LogP contribution in [0.4, 0.5) is 4.39 Å². The molecule has 0 radical (unpaired) electrons. The van der Waals surface area contributed by atoms with Gasteiger partial charge in [-0.3, -0.25) is 19.3 Å². The lowest BCUT2D eigenvalue weighted by molar-refractivity contribution is -0.138. The zero-order chi connectivity index (χ0) is 17.5. The van der Waals surface area contributed by atoms with Gasteiger partial charge in [-0.1, -0.05) is 5.21 Å². The van der Waals surface area contributed by atoms with Crippen LogP contribution in [0.1, 0.15) is 18.5 Å². The van der Waals surface area contributed by atoms with E-state index in [0.717, 1.165) is 4.90 Å². The minimum atomic E-state index is -0.509. The minimum absolute atomic E-state index is 0.0765. The van der Waals surface area contributed by atoms with Crippen molar-refractivity contribution >= 4 is 29.5 Å². The number of nitrogens with one attached hydrogen (secondary N) is 1. The van der Waals surface area contributed by atoms with E-state index in [-0.39, 0.29) is 48.9 Å². The monoisotopic (exact) mass is 356 g/mol. The highest BCUT2D eigenvalue weighted by atomic mass is 32.2. The van der Waals surface area contributed by atoms with Gasteiger partial charge in [0.25, 0.3) is 0 Å². The third-order valence-electron chi connectivity index (χ3n) is 3.65. The molecule has 1 N–H and O–H groups in total. The first-order valence-electron chi connectivity index (χ1n) is 7.63. The smallest absolute Gasteiger partial charge is 0.242 e. The molecule has 0 spiro atoms. The topological polar surface area (TPSA) is 97.2 Å². The number of alkyl halides is 1. The van der Waals surface area contributed by atoms with Crippen LogP contribution in [0.2, 0.25) is 0 Å². The number of amides is 3. The number of carbonyl (C=O) groups is 3. The van der Waals surface area contributed by atoms with Crippen molar-refractivity contribution in [3.8, 4) is 0 Å². The fourth-order valence-corrected chi connectivity index (χ4v) is 2.99. The number of imide groups is 1. The van der Waals surface area contributed by atoms with Crippen LogP contribution in [-0.2, 0) is 27.3 Å². The summed E-state index contributed by atoms with van der Waals surface area (Å²) in [7, 11) is 0. The average Bonchev–Trinajstić information content (AvgIpc) is 3.10. The SMILES string of the molecule is CSC1CC(=O)N(CCC(=O)NCCc2cn(CC[18F])nn2)C1=O. The Morgan fingerprint density at radius 1 is 1.46 bits per heavy atom. The van der Waals surface area contributed by atoms with Crippen molar-refractivity contribution in [2.24, 2.45) is 0 Å². The molecule has 8 nitrogen and oxygen atoms in total. The summed E-state index contributed by atoms with van der Waals surface area (Å²) in [5.74, 6) is -0.680. The third-order valence-corrected chi connectivity index (χ3v) is 4.59. The molecule has 1 fully saturated rings. The Bertz CT molecular complexity index is 609. The van der Waals surface area contributed by atoms with Crippen molar-refractivity contribution < 1.29 is 18.8 Å². The Morgan fingerprint density at radius 2 is 2.25 bits per heavy atom. The number of nitrogens with zero attached hydrogens (tertiary/aromatic N) is 4. The quantitative estimate of drug-likeness (QED) is 0.615. The van der Waals surface area contributed by atoms with Gasteiger partial charge < -0.3 is 5.32 Å². The molecule has 0 aromatic carbocycles. The molecule has 2 rings (SSSR count). The van der Waals surface area contributed by atoms with Crippen molar-refractivity contribution in [1.82, 2.24) is 25.2 Å². The highest BCUT2D eigenvalue weighted by molar-refractivity contribution is 8.00. The molecule has 2 heterocycles. The maximum Gasteiger partial charge on any atom is 0.242 e. The second-order valence-electron chi connectivity index (χ2n) is 5.32. The number of likely N-dealkylation sites (tertiary alicyclic amines) is 1.